The summed E-state index contributed by atoms with van der Waals surface area (Å²) in [6.45, 7) is 6.30. The summed E-state index contributed by atoms with van der Waals surface area (Å²) in [4.78, 5) is 0. The van der Waals surface area contributed by atoms with E-state index in [0.717, 1.165) is 30.1 Å². The van der Waals surface area contributed by atoms with Gasteiger partial charge in [-0.3, -0.25) is 0 Å². The molecule has 0 aromatic carbocycles. The van der Waals surface area contributed by atoms with Crippen molar-refractivity contribution in [1.29, 1.82) is 0 Å². The fraction of sp³-hybridized carbons (Fsp3) is 1.00. The van der Waals surface area contributed by atoms with Crippen molar-refractivity contribution in [2.75, 3.05) is 13.2 Å². The molecule has 2 heteroatoms. The lowest BCUT2D eigenvalue weighted by Crippen LogP contribution is -2.03. The summed E-state index contributed by atoms with van der Waals surface area (Å²) in [5, 5.41) is 1.68. The summed E-state index contributed by atoms with van der Waals surface area (Å²) in [6.07, 6.45) is 1.14. The fourth-order valence-electron chi connectivity index (χ4n) is 0.749. The third-order valence-corrected chi connectivity index (χ3v) is 2.80. The number of rotatable bonds is 4. The smallest absolute Gasteiger partial charge is 0.0595 e. The Balaban J connectivity index is 1.83. The van der Waals surface area contributed by atoms with E-state index < -0.39 is 0 Å². The van der Waals surface area contributed by atoms with Crippen LogP contribution in [-0.2, 0) is 4.74 Å². The lowest BCUT2D eigenvalue weighted by Gasteiger charge is -1.97. The van der Waals surface area contributed by atoms with E-state index in [1.807, 2.05) is 11.8 Å². The van der Waals surface area contributed by atoms with E-state index >= 15 is 0 Å². The number of thioether (sulfide) groups is 1. The van der Waals surface area contributed by atoms with Crippen molar-refractivity contribution in [3.05, 3.63) is 0 Å². The van der Waals surface area contributed by atoms with Gasteiger partial charge in [0.05, 0.1) is 6.61 Å². The standard InChI is InChI=1S/C7H14OS/c1-3-4-8-5-7-6(2)9-7/h6-7H,3-5H2,1-2H3. The zero-order valence-corrected chi connectivity index (χ0v) is 6.91. The average Bonchev–Trinajstić information content (AvgIpc) is 2.48. The van der Waals surface area contributed by atoms with Gasteiger partial charge < -0.3 is 4.74 Å². The third-order valence-electron chi connectivity index (χ3n) is 1.47. The molecule has 1 rings (SSSR count). The van der Waals surface area contributed by atoms with Gasteiger partial charge in [-0.15, -0.1) is 0 Å². The number of hydrogen-bond acceptors (Lipinski definition) is 2. The van der Waals surface area contributed by atoms with Gasteiger partial charge in [0, 0.05) is 17.1 Å². The van der Waals surface area contributed by atoms with Gasteiger partial charge in [0.15, 0.2) is 0 Å². The highest BCUT2D eigenvalue weighted by molar-refractivity contribution is 8.07. The van der Waals surface area contributed by atoms with Gasteiger partial charge >= 0.3 is 0 Å². The number of ether oxygens (including phenoxy) is 1. The lowest BCUT2D eigenvalue weighted by atomic mass is 10.4. The third kappa shape index (κ3) is 2.59. The molecule has 0 radical (unpaired) electrons. The molecule has 1 heterocycles. The van der Waals surface area contributed by atoms with Crippen LogP contribution in [0.1, 0.15) is 20.3 Å². The summed E-state index contributed by atoms with van der Waals surface area (Å²) in [5.74, 6) is 0. The highest BCUT2D eigenvalue weighted by Crippen LogP contribution is 2.40. The normalized spacial score (nSPS) is 32.7. The Hall–Kier alpha value is 0.310. The monoisotopic (exact) mass is 146 g/mol. The Morgan fingerprint density at radius 1 is 1.56 bits per heavy atom. The Bertz CT molecular complexity index is 85.0. The van der Waals surface area contributed by atoms with E-state index in [1.165, 1.54) is 0 Å². The molecular weight excluding hydrogens is 132 g/mol. The van der Waals surface area contributed by atoms with Crippen LogP contribution in [0.2, 0.25) is 0 Å². The van der Waals surface area contributed by atoms with E-state index in [-0.39, 0.29) is 0 Å². The van der Waals surface area contributed by atoms with Gasteiger partial charge in [-0.2, -0.15) is 11.8 Å². The van der Waals surface area contributed by atoms with Crippen molar-refractivity contribution >= 4 is 11.8 Å². The Labute approximate surface area is 61.2 Å². The maximum Gasteiger partial charge on any atom is 0.0595 e. The minimum atomic E-state index is 0.816. The van der Waals surface area contributed by atoms with E-state index in [9.17, 15) is 0 Å². The Morgan fingerprint density at radius 3 is 2.67 bits per heavy atom. The number of hydrogen-bond donors (Lipinski definition) is 0. The van der Waals surface area contributed by atoms with Gasteiger partial charge in [0.2, 0.25) is 0 Å². The van der Waals surface area contributed by atoms with E-state index in [2.05, 4.69) is 13.8 Å². The first-order valence-electron chi connectivity index (χ1n) is 3.57. The predicted octanol–water partition coefficient (Wildman–Crippen LogP) is 1.92. The summed E-state index contributed by atoms with van der Waals surface area (Å²) >= 11 is 2.02. The van der Waals surface area contributed by atoms with E-state index in [0.29, 0.717) is 0 Å². The van der Waals surface area contributed by atoms with Gasteiger partial charge in [-0.25, -0.2) is 0 Å². The Kier molecular flexibility index (Phi) is 2.86. The van der Waals surface area contributed by atoms with Crippen LogP contribution >= 0.6 is 11.8 Å². The molecule has 1 aliphatic rings. The minimum Gasteiger partial charge on any atom is -0.380 e. The van der Waals surface area contributed by atoms with Crippen LogP contribution in [0.25, 0.3) is 0 Å². The molecule has 0 saturated carbocycles. The second kappa shape index (κ2) is 3.47. The maximum atomic E-state index is 5.36. The molecule has 54 valence electrons. The Morgan fingerprint density at radius 2 is 2.22 bits per heavy atom. The van der Waals surface area contributed by atoms with Crippen molar-refractivity contribution in [3.63, 3.8) is 0 Å². The van der Waals surface area contributed by atoms with E-state index in [1.54, 1.807) is 0 Å². The second-order valence-corrected chi connectivity index (χ2v) is 4.08. The molecule has 1 saturated heterocycles. The van der Waals surface area contributed by atoms with Gasteiger partial charge in [0.1, 0.15) is 0 Å². The summed E-state index contributed by atoms with van der Waals surface area (Å²) in [7, 11) is 0. The van der Waals surface area contributed by atoms with Crippen molar-refractivity contribution in [2.45, 2.75) is 30.8 Å². The molecule has 0 amide bonds. The SMILES string of the molecule is CCCOCC1SC1C. The van der Waals surface area contributed by atoms with Crippen LogP contribution in [0.3, 0.4) is 0 Å². The molecule has 1 fully saturated rings. The van der Waals surface area contributed by atoms with Crippen molar-refractivity contribution in [3.8, 4) is 0 Å². The van der Waals surface area contributed by atoms with Crippen LogP contribution in [0.15, 0.2) is 0 Å². The molecule has 2 atom stereocenters. The quantitative estimate of drug-likeness (QED) is 0.442. The highest BCUT2D eigenvalue weighted by atomic mass is 32.2. The maximum absolute atomic E-state index is 5.36. The van der Waals surface area contributed by atoms with Crippen LogP contribution in [-0.4, -0.2) is 23.7 Å². The second-order valence-electron chi connectivity index (χ2n) is 2.45. The van der Waals surface area contributed by atoms with Crippen LogP contribution in [0.5, 0.6) is 0 Å². The molecule has 0 aromatic rings. The van der Waals surface area contributed by atoms with Gasteiger partial charge in [-0.1, -0.05) is 13.8 Å². The molecule has 1 aliphatic heterocycles. The molecule has 0 aliphatic carbocycles. The minimum absolute atomic E-state index is 0.816. The van der Waals surface area contributed by atoms with Crippen LogP contribution in [0.4, 0.5) is 0 Å². The predicted molar refractivity (Wildman–Crippen MR) is 42.0 cm³/mol. The zero-order chi connectivity index (χ0) is 6.69. The fourth-order valence-corrected chi connectivity index (χ4v) is 1.46. The molecule has 9 heavy (non-hydrogen) atoms. The largest absolute Gasteiger partial charge is 0.380 e. The first-order valence-corrected chi connectivity index (χ1v) is 4.52. The molecule has 0 aromatic heterocycles. The molecule has 0 bridgehead atoms. The molecule has 0 N–H and O–H groups in total. The zero-order valence-electron chi connectivity index (χ0n) is 6.09. The molecular formula is C7H14OS. The topological polar surface area (TPSA) is 9.23 Å². The molecule has 1 nitrogen and oxygen atoms in total. The first kappa shape index (κ1) is 7.42. The lowest BCUT2D eigenvalue weighted by molar-refractivity contribution is 0.140. The summed E-state index contributed by atoms with van der Waals surface area (Å²) < 4.78 is 5.36. The van der Waals surface area contributed by atoms with E-state index in [4.69, 9.17) is 4.74 Å². The van der Waals surface area contributed by atoms with Crippen molar-refractivity contribution < 1.29 is 4.74 Å². The van der Waals surface area contributed by atoms with Gasteiger partial charge in [-0.05, 0) is 6.42 Å². The average molecular weight is 146 g/mol. The first-order chi connectivity index (χ1) is 4.34. The van der Waals surface area contributed by atoms with Crippen LogP contribution in [0, 0.1) is 0 Å². The highest BCUT2D eigenvalue weighted by Gasteiger charge is 2.33. The summed E-state index contributed by atoms with van der Waals surface area (Å²) in [5.41, 5.74) is 0. The molecule has 2 unspecified atom stereocenters. The summed E-state index contributed by atoms with van der Waals surface area (Å²) in [6, 6.07) is 0. The molecule has 0 spiro atoms. The van der Waals surface area contributed by atoms with Crippen molar-refractivity contribution in [2.24, 2.45) is 0 Å². The van der Waals surface area contributed by atoms with Gasteiger partial charge in [0.25, 0.3) is 0 Å². The van der Waals surface area contributed by atoms with Crippen molar-refractivity contribution in [1.82, 2.24) is 0 Å². The van der Waals surface area contributed by atoms with Crippen LogP contribution < -0.4 is 0 Å².